The number of alkyl halides is 2. The minimum absolute atomic E-state index is 0.0678. The van der Waals surface area contributed by atoms with Gasteiger partial charge in [-0.15, -0.1) is 5.10 Å². The lowest BCUT2D eigenvalue weighted by Crippen LogP contribution is -2.19. The normalized spacial score (nSPS) is 10.7. The molecule has 7 nitrogen and oxygen atoms in total. The van der Waals surface area contributed by atoms with Crippen molar-refractivity contribution in [2.75, 3.05) is 12.4 Å². The summed E-state index contributed by atoms with van der Waals surface area (Å²) in [6.07, 6.45) is -1.13. The third kappa shape index (κ3) is 3.06. The Morgan fingerprint density at radius 2 is 2.42 bits per heavy atom. The first-order chi connectivity index (χ1) is 9.10. The lowest BCUT2D eigenvalue weighted by atomic mass is 10.4. The summed E-state index contributed by atoms with van der Waals surface area (Å²) >= 11 is 0. The van der Waals surface area contributed by atoms with Gasteiger partial charge in [0.2, 0.25) is 5.95 Å². The van der Waals surface area contributed by atoms with Gasteiger partial charge < -0.3 is 9.30 Å². The van der Waals surface area contributed by atoms with E-state index in [-0.39, 0.29) is 17.7 Å². The van der Waals surface area contributed by atoms with Crippen molar-refractivity contribution >= 4 is 11.9 Å². The zero-order valence-corrected chi connectivity index (χ0v) is 9.93. The summed E-state index contributed by atoms with van der Waals surface area (Å²) in [7, 11) is 1.38. The first-order valence-electron chi connectivity index (χ1n) is 5.31. The van der Waals surface area contributed by atoms with E-state index in [1.807, 2.05) is 0 Å². The van der Waals surface area contributed by atoms with Crippen LogP contribution in [0.1, 0.15) is 10.5 Å². The van der Waals surface area contributed by atoms with Crippen LogP contribution < -0.4 is 10.1 Å². The fourth-order valence-corrected chi connectivity index (χ4v) is 1.49. The Morgan fingerprint density at radius 1 is 1.63 bits per heavy atom. The molecule has 2 heterocycles. The first-order valence-corrected chi connectivity index (χ1v) is 5.31. The van der Waals surface area contributed by atoms with Crippen LogP contribution in [0.3, 0.4) is 0 Å². The summed E-state index contributed by atoms with van der Waals surface area (Å²) in [5.41, 5.74) is 0.107. The molecular formula is C10H11F2N5O2. The smallest absolute Gasteiger partial charge is 0.336 e. The predicted molar refractivity (Wildman–Crippen MR) is 61.3 cm³/mol. The molecule has 2 N–H and O–H groups in total. The highest BCUT2D eigenvalue weighted by molar-refractivity contribution is 6.02. The van der Waals surface area contributed by atoms with E-state index in [4.69, 9.17) is 4.74 Å². The van der Waals surface area contributed by atoms with Crippen molar-refractivity contribution in [3.63, 3.8) is 0 Å². The number of amides is 1. The monoisotopic (exact) mass is 271 g/mol. The summed E-state index contributed by atoms with van der Waals surface area (Å²) in [6, 6.07) is 3.02. The summed E-state index contributed by atoms with van der Waals surface area (Å²) in [6.45, 7) is -0.546. The molecule has 0 aliphatic carbocycles. The number of carbonyl (C=O) groups is 1. The van der Waals surface area contributed by atoms with Gasteiger partial charge in [-0.25, -0.2) is 13.9 Å². The number of H-pyrrole nitrogens is 1. The minimum atomic E-state index is -2.54. The van der Waals surface area contributed by atoms with Gasteiger partial charge in [-0.1, -0.05) is 0 Å². The van der Waals surface area contributed by atoms with E-state index >= 15 is 0 Å². The fourth-order valence-electron chi connectivity index (χ4n) is 1.49. The largest absolute Gasteiger partial charge is 0.466 e. The minimum Gasteiger partial charge on any atom is -0.466 e. The van der Waals surface area contributed by atoms with Gasteiger partial charge in [0, 0.05) is 6.20 Å². The Labute approximate surface area is 106 Å². The maximum Gasteiger partial charge on any atom is 0.336 e. The van der Waals surface area contributed by atoms with Crippen molar-refractivity contribution in [1.29, 1.82) is 0 Å². The van der Waals surface area contributed by atoms with E-state index in [1.54, 1.807) is 0 Å². The third-order valence-corrected chi connectivity index (χ3v) is 2.28. The maximum absolute atomic E-state index is 12.3. The molecule has 19 heavy (non-hydrogen) atoms. The van der Waals surface area contributed by atoms with E-state index in [9.17, 15) is 13.6 Å². The fraction of sp³-hybridized carbons (Fsp3) is 0.300. The maximum atomic E-state index is 12.3. The standard InChI is InChI=1S/C10H11F2N5O2/c1-19-10-14-9(15-16-10)13-8(18)6-3-2-4-17(6)5-7(11)12/h2-4,7H,5H2,1H3,(H2,13,14,15,16,18). The second-order valence-electron chi connectivity index (χ2n) is 3.56. The average Bonchev–Trinajstić information content (AvgIpc) is 2.97. The zero-order valence-electron chi connectivity index (χ0n) is 9.93. The van der Waals surface area contributed by atoms with Crippen molar-refractivity contribution in [3.05, 3.63) is 24.0 Å². The van der Waals surface area contributed by atoms with E-state index in [1.165, 1.54) is 25.4 Å². The number of methoxy groups -OCH3 is 1. The molecule has 0 bridgehead atoms. The number of ether oxygens (including phenoxy) is 1. The van der Waals surface area contributed by atoms with Crippen molar-refractivity contribution in [3.8, 4) is 6.01 Å². The Bertz CT molecular complexity index is 566. The van der Waals surface area contributed by atoms with Crippen LogP contribution in [-0.2, 0) is 6.54 Å². The van der Waals surface area contributed by atoms with E-state index in [0.717, 1.165) is 4.57 Å². The van der Waals surface area contributed by atoms with Crippen LogP contribution in [-0.4, -0.2) is 39.2 Å². The van der Waals surface area contributed by atoms with Gasteiger partial charge in [-0.2, -0.15) is 4.98 Å². The lowest BCUT2D eigenvalue weighted by molar-refractivity contribution is 0.0997. The summed E-state index contributed by atoms with van der Waals surface area (Å²) < 4.78 is 30.5. The second kappa shape index (κ2) is 5.46. The highest BCUT2D eigenvalue weighted by Gasteiger charge is 2.15. The molecular weight excluding hydrogens is 260 g/mol. The summed E-state index contributed by atoms with van der Waals surface area (Å²) in [4.78, 5) is 15.7. The van der Waals surface area contributed by atoms with E-state index < -0.39 is 18.9 Å². The molecule has 0 saturated carbocycles. The molecule has 0 fully saturated rings. The number of anilines is 1. The molecule has 2 aromatic heterocycles. The van der Waals surface area contributed by atoms with Crippen LogP contribution in [0, 0.1) is 0 Å². The van der Waals surface area contributed by atoms with Crippen LogP contribution >= 0.6 is 0 Å². The van der Waals surface area contributed by atoms with Crippen LogP contribution in [0.15, 0.2) is 18.3 Å². The van der Waals surface area contributed by atoms with Crippen LogP contribution in [0.4, 0.5) is 14.7 Å². The third-order valence-electron chi connectivity index (χ3n) is 2.28. The Kier molecular flexibility index (Phi) is 3.74. The van der Waals surface area contributed by atoms with Gasteiger partial charge in [0.1, 0.15) is 5.69 Å². The number of carbonyl (C=O) groups excluding carboxylic acids is 1. The molecule has 0 unspecified atom stereocenters. The van der Waals surface area contributed by atoms with Gasteiger partial charge in [-0.3, -0.25) is 10.1 Å². The average molecular weight is 271 g/mol. The number of hydrogen-bond acceptors (Lipinski definition) is 4. The quantitative estimate of drug-likeness (QED) is 0.853. The zero-order chi connectivity index (χ0) is 13.8. The van der Waals surface area contributed by atoms with Crippen LogP contribution in [0.5, 0.6) is 6.01 Å². The number of aromatic nitrogens is 4. The van der Waals surface area contributed by atoms with Gasteiger partial charge in [-0.05, 0) is 12.1 Å². The molecule has 0 radical (unpaired) electrons. The lowest BCUT2D eigenvalue weighted by Gasteiger charge is -2.07. The van der Waals surface area contributed by atoms with Gasteiger partial charge in [0.05, 0.1) is 13.7 Å². The highest BCUT2D eigenvalue weighted by Crippen LogP contribution is 2.10. The van der Waals surface area contributed by atoms with Crippen molar-refractivity contribution in [1.82, 2.24) is 19.7 Å². The summed E-state index contributed by atoms with van der Waals surface area (Å²) in [5, 5.41) is 8.47. The van der Waals surface area contributed by atoms with Crippen LogP contribution in [0.25, 0.3) is 0 Å². The second-order valence-corrected chi connectivity index (χ2v) is 3.56. The Morgan fingerprint density at radius 3 is 3.05 bits per heavy atom. The van der Waals surface area contributed by atoms with E-state index in [2.05, 4.69) is 20.5 Å². The first kappa shape index (κ1) is 13.0. The summed E-state index contributed by atoms with van der Waals surface area (Å²) in [5.74, 6) is -0.490. The molecule has 9 heteroatoms. The highest BCUT2D eigenvalue weighted by atomic mass is 19.3. The Balaban J connectivity index is 2.09. The SMILES string of the molecule is COc1n[nH]c(NC(=O)c2cccn2CC(F)F)n1. The molecule has 2 rings (SSSR count). The number of halogens is 2. The van der Waals surface area contributed by atoms with Crippen LogP contribution in [0.2, 0.25) is 0 Å². The van der Waals surface area contributed by atoms with Crippen molar-refractivity contribution in [2.45, 2.75) is 13.0 Å². The van der Waals surface area contributed by atoms with Gasteiger partial charge in [0.25, 0.3) is 12.3 Å². The van der Waals surface area contributed by atoms with Gasteiger partial charge in [0.15, 0.2) is 0 Å². The molecule has 1 amide bonds. The number of rotatable bonds is 5. The molecule has 0 aromatic carbocycles. The number of nitrogens with zero attached hydrogens (tertiary/aromatic N) is 3. The number of aromatic amines is 1. The van der Waals surface area contributed by atoms with Gasteiger partial charge >= 0.3 is 6.01 Å². The topological polar surface area (TPSA) is 84.8 Å². The number of hydrogen-bond donors (Lipinski definition) is 2. The number of nitrogens with one attached hydrogen (secondary N) is 2. The predicted octanol–water partition coefficient (Wildman–Crippen LogP) is 1.13. The van der Waals surface area contributed by atoms with Crippen molar-refractivity contribution in [2.24, 2.45) is 0 Å². The molecule has 0 aliphatic heterocycles. The molecule has 2 aromatic rings. The molecule has 0 saturated heterocycles. The van der Waals surface area contributed by atoms with E-state index in [0.29, 0.717) is 0 Å². The molecule has 0 spiro atoms. The molecule has 102 valence electrons. The van der Waals surface area contributed by atoms with Crippen molar-refractivity contribution < 1.29 is 18.3 Å². The molecule has 0 aliphatic rings. The Hall–Kier alpha value is -2.45. The molecule has 0 atom stereocenters.